The highest BCUT2D eigenvalue weighted by Crippen LogP contribution is 2.25. The smallest absolute Gasteiger partial charge is 0.229 e. The average molecular weight is 380 g/mol. The number of amides is 2. The van der Waals surface area contributed by atoms with Gasteiger partial charge in [-0.1, -0.05) is 29.8 Å². The van der Waals surface area contributed by atoms with Crippen LogP contribution in [0.2, 0.25) is 0 Å². The molecular weight excluding hydrogens is 352 g/mol. The van der Waals surface area contributed by atoms with Crippen LogP contribution < -0.4 is 10.1 Å². The van der Waals surface area contributed by atoms with Gasteiger partial charge < -0.3 is 15.0 Å². The van der Waals surface area contributed by atoms with Crippen molar-refractivity contribution in [3.8, 4) is 5.75 Å². The van der Waals surface area contributed by atoms with Crippen LogP contribution in [0.4, 0.5) is 5.69 Å². The number of rotatable bonds is 6. The number of nitrogens with zero attached hydrogens (tertiary/aromatic N) is 1. The van der Waals surface area contributed by atoms with Gasteiger partial charge in [-0.05, 0) is 56.0 Å². The summed E-state index contributed by atoms with van der Waals surface area (Å²) in [5.41, 5.74) is 5.28. The second kappa shape index (κ2) is 8.46. The molecular formula is C23H28N2O3. The number of aryl methyl sites for hydroxylation is 3. The fourth-order valence-electron chi connectivity index (χ4n) is 3.82. The van der Waals surface area contributed by atoms with Crippen molar-refractivity contribution in [1.29, 1.82) is 0 Å². The number of ether oxygens (including phenoxy) is 1. The molecule has 28 heavy (non-hydrogen) atoms. The van der Waals surface area contributed by atoms with Gasteiger partial charge in [0.15, 0.2) is 0 Å². The van der Waals surface area contributed by atoms with Crippen LogP contribution in [0.25, 0.3) is 0 Å². The van der Waals surface area contributed by atoms with E-state index in [1.54, 1.807) is 12.0 Å². The lowest BCUT2D eigenvalue weighted by atomic mass is 10.0. The van der Waals surface area contributed by atoms with Crippen molar-refractivity contribution in [3.63, 3.8) is 0 Å². The summed E-state index contributed by atoms with van der Waals surface area (Å²) in [4.78, 5) is 26.9. The third-order valence-corrected chi connectivity index (χ3v) is 5.34. The Kier molecular flexibility index (Phi) is 6.02. The van der Waals surface area contributed by atoms with Gasteiger partial charge in [0.25, 0.3) is 0 Å². The Labute approximate surface area is 166 Å². The molecule has 1 fully saturated rings. The molecule has 5 heteroatoms. The van der Waals surface area contributed by atoms with Crippen molar-refractivity contribution in [3.05, 3.63) is 58.7 Å². The first kappa shape index (κ1) is 19.9. The normalized spacial score (nSPS) is 16.4. The molecule has 3 rings (SSSR count). The summed E-state index contributed by atoms with van der Waals surface area (Å²) in [6.45, 7) is 7.14. The van der Waals surface area contributed by atoms with Crippen LogP contribution in [0.15, 0.2) is 36.4 Å². The van der Waals surface area contributed by atoms with E-state index in [4.69, 9.17) is 4.74 Å². The number of hydrogen-bond donors (Lipinski definition) is 1. The molecule has 2 aromatic carbocycles. The van der Waals surface area contributed by atoms with E-state index in [1.807, 2.05) is 45.0 Å². The fourth-order valence-corrected chi connectivity index (χ4v) is 3.82. The van der Waals surface area contributed by atoms with Crippen molar-refractivity contribution in [2.24, 2.45) is 5.92 Å². The first-order valence-corrected chi connectivity index (χ1v) is 9.67. The van der Waals surface area contributed by atoms with Crippen LogP contribution in [0, 0.1) is 26.7 Å². The maximum Gasteiger partial charge on any atom is 0.229 e. The van der Waals surface area contributed by atoms with Gasteiger partial charge in [0.2, 0.25) is 11.8 Å². The minimum Gasteiger partial charge on any atom is -0.497 e. The summed E-state index contributed by atoms with van der Waals surface area (Å²) in [7, 11) is 1.64. The van der Waals surface area contributed by atoms with Crippen molar-refractivity contribution < 1.29 is 14.3 Å². The number of methoxy groups -OCH3 is 1. The maximum absolute atomic E-state index is 12.7. The van der Waals surface area contributed by atoms with E-state index in [0.717, 1.165) is 34.5 Å². The Morgan fingerprint density at radius 2 is 1.79 bits per heavy atom. The van der Waals surface area contributed by atoms with Crippen molar-refractivity contribution in [2.75, 3.05) is 25.5 Å². The zero-order chi connectivity index (χ0) is 20.3. The van der Waals surface area contributed by atoms with Crippen molar-refractivity contribution >= 4 is 17.5 Å². The standard InChI is InChI=1S/C23H28N2O3/c1-15-11-16(2)22(17(3)12-15)24-23(27)19-13-21(26)25(14-19)10-9-18-5-7-20(28-4)8-6-18/h5-8,11-12,19H,9-10,13-14H2,1-4H3,(H,24,27). The topological polar surface area (TPSA) is 58.6 Å². The third kappa shape index (κ3) is 4.53. The molecule has 0 aromatic heterocycles. The maximum atomic E-state index is 12.7. The van der Waals surface area contributed by atoms with Gasteiger partial charge in [0.1, 0.15) is 5.75 Å². The molecule has 1 heterocycles. The molecule has 1 N–H and O–H groups in total. The molecule has 148 valence electrons. The quantitative estimate of drug-likeness (QED) is 0.832. The van der Waals surface area contributed by atoms with E-state index in [9.17, 15) is 9.59 Å². The molecule has 1 unspecified atom stereocenters. The predicted octanol–water partition coefficient (Wildman–Crippen LogP) is 3.65. The zero-order valence-corrected chi connectivity index (χ0v) is 17.0. The highest BCUT2D eigenvalue weighted by molar-refractivity contribution is 5.98. The van der Waals surface area contributed by atoms with Crippen molar-refractivity contribution in [2.45, 2.75) is 33.6 Å². The van der Waals surface area contributed by atoms with Gasteiger partial charge in [-0.25, -0.2) is 0 Å². The van der Waals surface area contributed by atoms with E-state index >= 15 is 0 Å². The van der Waals surface area contributed by atoms with E-state index in [2.05, 4.69) is 17.4 Å². The van der Waals surface area contributed by atoms with Crippen LogP contribution in [0.1, 0.15) is 28.7 Å². The summed E-state index contributed by atoms with van der Waals surface area (Å²) < 4.78 is 5.17. The van der Waals surface area contributed by atoms with Gasteiger partial charge in [0.05, 0.1) is 13.0 Å². The van der Waals surface area contributed by atoms with Gasteiger partial charge in [0, 0.05) is 25.2 Å². The molecule has 1 aliphatic heterocycles. The van der Waals surface area contributed by atoms with Crippen LogP contribution in [0.5, 0.6) is 5.75 Å². The Hall–Kier alpha value is -2.82. The minimum atomic E-state index is -0.302. The first-order chi connectivity index (χ1) is 13.4. The summed E-state index contributed by atoms with van der Waals surface area (Å²) in [5.74, 6) is 0.490. The Morgan fingerprint density at radius 1 is 1.14 bits per heavy atom. The van der Waals surface area contributed by atoms with E-state index in [1.165, 1.54) is 5.56 Å². The van der Waals surface area contributed by atoms with Crippen LogP contribution in [0.3, 0.4) is 0 Å². The lowest BCUT2D eigenvalue weighted by Crippen LogP contribution is -2.30. The second-order valence-corrected chi connectivity index (χ2v) is 7.60. The number of carbonyl (C=O) groups excluding carboxylic acids is 2. The molecule has 1 saturated heterocycles. The largest absolute Gasteiger partial charge is 0.497 e. The predicted molar refractivity (Wildman–Crippen MR) is 111 cm³/mol. The number of likely N-dealkylation sites (tertiary alicyclic amines) is 1. The molecule has 2 amide bonds. The average Bonchev–Trinajstić information content (AvgIpc) is 3.04. The number of carbonyl (C=O) groups is 2. The molecule has 1 atom stereocenters. The SMILES string of the molecule is COc1ccc(CCN2CC(C(=O)Nc3c(C)cc(C)cc3C)CC2=O)cc1. The van der Waals surface area contributed by atoms with Gasteiger partial charge in [-0.15, -0.1) is 0 Å². The number of hydrogen-bond acceptors (Lipinski definition) is 3. The molecule has 1 aliphatic rings. The fraction of sp³-hybridized carbons (Fsp3) is 0.391. The summed E-state index contributed by atoms with van der Waals surface area (Å²) in [6.07, 6.45) is 1.04. The highest BCUT2D eigenvalue weighted by atomic mass is 16.5. The minimum absolute atomic E-state index is 0.0472. The first-order valence-electron chi connectivity index (χ1n) is 9.67. The van der Waals surface area contributed by atoms with E-state index in [0.29, 0.717) is 13.1 Å². The third-order valence-electron chi connectivity index (χ3n) is 5.34. The van der Waals surface area contributed by atoms with E-state index < -0.39 is 0 Å². The van der Waals surface area contributed by atoms with Gasteiger partial charge >= 0.3 is 0 Å². The number of anilines is 1. The summed E-state index contributed by atoms with van der Waals surface area (Å²) in [5, 5.41) is 3.04. The van der Waals surface area contributed by atoms with Crippen LogP contribution >= 0.6 is 0 Å². The molecule has 0 spiro atoms. The lowest BCUT2D eigenvalue weighted by Gasteiger charge is -2.18. The highest BCUT2D eigenvalue weighted by Gasteiger charge is 2.34. The molecule has 2 aromatic rings. The number of nitrogens with one attached hydrogen (secondary N) is 1. The Morgan fingerprint density at radius 3 is 2.39 bits per heavy atom. The summed E-state index contributed by atoms with van der Waals surface area (Å²) >= 11 is 0. The Bertz CT molecular complexity index is 851. The molecule has 0 aliphatic carbocycles. The lowest BCUT2D eigenvalue weighted by molar-refractivity contribution is -0.128. The molecule has 5 nitrogen and oxygen atoms in total. The molecule has 0 saturated carbocycles. The van der Waals surface area contributed by atoms with Gasteiger partial charge in [-0.2, -0.15) is 0 Å². The summed E-state index contributed by atoms with van der Waals surface area (Å²) in [6, 6.07) is 12.0. The van der Waals surface area contributed by atoms with Gasteiger partial charge in [-0.3, -0.25) is 9.59 Å². The van der Waals surface area contributed by atoms with E-state index in [-0.39, 0.29) is 24.2 Å². The monoisotopic (exact) mass is 380 g/mol. The zero-order valence-electron chi connectivity index (χ0n) is 17.0. The molecule has 0 radical (unpaired) electrons. The van der Waals surface area contributed by atoms with Crippen LogP contribution in [-0.2, 0) is 16.0 Å². The Balaban J connectivity index is 1.58. The van der Waals surface area contributed by atoms with Crippen molar-refractivity contribution in [1.82, 2.24) is 4.90 Å². The molecule has 0 bridgehead atoms. The second-order valence-electron chi connectivity index (χ2n) is 7.60. The number of benzene rings is 2. The van der Waals surface area contributed by atoms with Crippen LogP contribution in [-0.4, -0.2) is 36.9 Å².